The first-order valence-corrected chi connectivity index (χ1v) is 3.10. The Morgan fingerprint density at radius 3 is 0.273 bits per heavy atom. The van der Waals surface area contributed by atoms with Crippen molar-refractivity contribution in [2.24, 2.45) is 0 Å². The first-order valence-electron chi connectivity index (χ1n) is 3.10. The molecule has 0 spiro atoms. The van der Waals surface area contributed by atoms with Gasteiger partial charge in [-0.15, -0.1) is 0 Å². The molecule has 22 heavy (non-hydrogen) atoms. The predicted octanol–water partition coefficient (Wildman–Crippen LogP) is -12.8. The van der Waals surface area contributed by atoms with Gasteiger partial charge in [-0.1, -0.05) is 0 Å². The number of hydrogen-bond donors (Lipinski definition) is 12. The summed E-state index contributed by atoms with van der Waals surface area (Å²) in [6.07, 6.45) is 0. The molecular formula is H22B4Na2O16. The molecular weight excluding hydrogens is 345 g/mol. The molecule has 0 heterocycles. The summed E-state index contributed by atoms with van der Waals surface area (Å²) in [5.74, 6) is 0. The molecule has 0 radical (unpaired) electrons. The minimum absolute atomic E-state index is 0. The van der Waals surface area contributed by atoms with E-state index in [0.29, 0.717) is 0 Å². The van der Waals surface area contributed by atoms with Gasteiger partial charge < -0.3 is 82.2 Å². The Labute approximate surface area is 169 Å². The van der Waals surface area contributed by atoms with Crippen molar-refractivity contribution in [1.29, 1.82) is 0 Å². The van der Waals surface area contributed by atoms with E-state index >= 15 is 0 Å². The number of hydrogen-bond acceptors (Lipinski definition) is 12. The number of rotatable bonds is 0. The van der Waals surface area contributed by atoms with Crippen LogP contribution < -0.4 is 0 Å². The third kappa shape index (κ3) is 3500. The molecule has 0 amide bonds. The van der Waals surface area contributed by atoms with E-state index in [1.807, 2.05) is 0 Å². The molecule has 0 unspecified atom stereocenters. The molecule has 0 saturated heterocycles. The van der Waals surface area contributed by atoms with Crippen molar-refractivity contribution in [3.05, 3.63) is 0 Å². The molecule has 0 aromatic carbocycles. The zero-order chi connectivity index (χ0) is 14.3. The fourth-order valence-corrected chi connectivity index (χ4v) is 0. The topological polar surface area (TPSA) is 369 Å². The van der Waals surface area contributed by atoms with Crippen LogP contribution in [0.1, 0.15) is 0 Å². The fraction of sp³-hybridized carbons (Fsp3) is 0. The van der Waals surface area contributed by atoms with Crippen molar-refractivity contribution < 1.29 is 82.2 Å². The second-order valence-electron chi connectivity index (χ2n) is 1.39. The van der Waals surface area contributed by atoms with E-state index in [1.54, 1.807) is 0 Å². The summed E-state index contributed by atoms with van der Waals surface area (Å²) in [6, 6.07) is 0. The third-order valence-electron chi connectivity index (χ3n) is 0. The van der Waals surface area contributed by atoms with Gasteiger partial charge in [0.25, 0.3) is 0 Å². The molecule has 132 valence electrons. The Bertz CT molecular complexity index is 67.1. The Hall–Kier alpha value is 1.62. The molecule has 0 aliphatic carbocycles. The van der Waals surface area contributed by atoms with Gasteiger partial charge in [0.05, 0.1) is 0 Å². The molecule has 20 N–H and O–H groups in total. The van der Waals surface area contributed by atoms with Gasteiger partial charge in [-0.05, 0) is 0 Å². The zero-order valence-corrected chi connectivity index (χ0v) is 9.68. The van der Waals surface area contributed by atoms with Crippen LogP contribution in [0.2, 0.25) is 0 Å². The van der Waals surface area contributed by atoms with E-state index in [1.165, 1.54) is 0 Å². The van der Waals surface area contributed by atoms with Crippen molar-refractivity contribution >= 4 is 88.4 Å². The van der Waals surface area contributed by atoms with Crippen LogP contribution >= 0.6 is 0 Å². The predicted molar refractivity (Wildman–Crippen MR) is 78.4 cm³/mol. The SMILES string of the molecule is O.O.O.O.OB(O)O.OB(O)O.OB(O)O.OB(O)O.[NaH].[NaH]. The molecule has 0 bridgehead atoms. The first-order chi connectivity index (χ1) is 6.93. The van der Waals surface area contributed by atoms with Crippen LogP contribution in [0.3, 0.4) is 0 Å². The van der Waals surface area contributed by atoms with Crippen molar-refractivity contribution in [3.8, 4) is 0 Å². The van der Waals surface area contributed by atoms with Gasteiger partial charge >= 0.3 is 88.4 Å². The van der Waals surface area contributed by atoms with E-state index < -0.39 is 29.3 Å². The van der Waals surface area contributed by atoms with E-state index in [2.05, 4.69) is 0 Å². The second-order valence-corrected chi connectivity index (χ2v) is 1.39. The Morgan fingerprint density at radius 1 is 0.273 bits per heavy atom. The Kier molecular flexibility index (Phi) is 169. The van der Waals surface area contributed by atoms with Gasteiger partial charge in [0.15, 0.2) is 0 Å². The van der Waals surface area contributed by atoms with Crippen LogP contribution in [-0.4, -0.2) is 171 Å². The van der Waals surface area contributed by atoms with E-state index in [9.17, 15) is 0 Å². The van der Waals surface area contributed by atoms with E-state index in [-0.39, 0.29) is 81.0 Å². The summed E-state index contributed by atoms with van der Waals surface area (Å²) in [7, 11) is -8.67. The molecule has 0 aliphatic heterocycles. The second kappa shape index (κ2) is 57.0. The van der Waals surface area contributed by atoms with Gasteiger partial charge in [0.2, 0.25) is 0 Å². The fourth-order valence-electron chi connectivity index (χ4n) is 0. The van der Waals surface area contributed by atoms with Gasteiger partial charge in [0.1, 0.15) is 0 Å². The molecule has 0 aromatic rings. The molecule has 0 rings (SSSR count). The summed E-state index contributed by atoms with van der Waals surface area (Å²) in [4.78, 5) is 0. The van der Waals surface area contributed by atoms with Crippen LogP contribution in [0.5, 0.6) is 0 Å². The standard InChI is InChI=1S/4BH3O3.2Na.4H2O.2H/c4*2-1(3)4;;;;;;;;/h4*2-4H;;;4*1H2;;. The molecule has 0 aromatic heterocycles. The van der Waals surface area contributed by atoms with Gasteiger partial charge in [-0.25, -0.2) is 0 Å². The molecule has 0 atom stereocenters. The van der Waals surface area contributed by atoms with Crippen molar-refractivity contribution in [1.82, 2.24) is 0 Å². The van der Waals surface area contributed by atoms with Gasteiger partial charge in [-0.2, -0.15) is 0 Å². The Balaban J connectivity index is -0.00000001000. The molecule has 0 saturated carbocycles. The Morgan fingerprint density at radius 2 is 0.273 bits per heavy atom. The van der Waals surface area contributed by atoms with E-state index in [4.69, 9.17) is 60.3 Å². The summed E-state index contributed by atoms with van der Waals surface area (Å²) < 4.78 is 0. The molecule has 0 aliphatic rings. The maximum absolute atomic E-state index is 7.17. The van der Waals surface area contributed by atoms with Crippen molar-refractivity contribution in [3.63, 3.8) is 0 Å². The quantitative estimate of drug-likeness (QED) is 0.177. The molecule has 22 heteroatoms. The molecule has 0 fully saturated rings. The zero-order valence-electron chi connectivity index (χ0n) is 9.68. The third-order valence-corrected chi connectivity index (χ3v) is 0. The summed E-state index contributed by atoms with van der Waals surface area (Å²) in [5, 5.41) is 86.0. The van der Waals surface area contributed by atoms with Gasteiger partial charge in [0, 0.05) is 0 Å². The summed E-state index contributed by atoms with van der Waals surface area (Å²) in [5.41, 5.74) is 0. The van der Waals surface area contributed by atoms with Crippen molar-refractivity contribution in [2.75, 3.05) is 0 Å². The normalized spacial score (nSPS) is 4.91. The minimum atomic E-state index is -2.17. The van der Waals surface area contributed by atoms with Crippen LogP contribution in [0.4, 0.5) is 0 Å². The monoisotopic (exact) mass is 368 g/mol. The maximum atomic E-state index is 7.17. The van der Waals surface area contributed by atoms with Crippen LogP contribution in [0, 0.1) is 0 Å². The molecule has 16 nitrogen and oxygen atoms in total. The van der Waals surface area contributed by atoms with Gasteiger partial charge in [-0.3, -0.25) is 0 Å². The summed E-state index contributed by atoms with van der Waals surface area (Å²) >= 11 is 0. The summed E-state index contributed by atoms with van der Waals surface area (Å²) in [6.45, 7) is 0. The van der Waals surface area contributed by atoms with E-state index in [0.717, 1.165) is 0 Å². The average molecular weight is 367 g/mol. The van der Waals surface area contributed by atoms with Crippen molar-refractivity contribution in [2.45, 2.75) is 0 Å². The van der Waals surface area contributed by atoms with Crippen LogP contribution in [-0.2, 0) is 0 Å². The first kappa shape index (κ1) is 65.1. The average Bonchev–Trinajstić information content (AvgIpc) is 1.76. The van der Waals surface area contributed by atoms with Crippen LogP contribution in [0.15, 0.2) is 0 Å². The van der Waals surface area contributed by atoms with Crippen LogP contribution in [0.25, 0.3) is 0 Å².